The summed E-state index contributed by atoms with van der Waals surface area (Å²) in [4.78, 5) is 10.1. The quantitative estimate of drug-likeness (QED) is 0.470. The van der Waals surface area contributed by atoms with Crippen LogP contribution in [0, 0.1) is 10.1 Å². The van der Waals surface area contributed by atoms with Crippen molar-refractivity contribution in [3.05, 3.63) is 68.7 Å². The fraction of sp³-hybridized carbons (Fsp3) is 0. The first-order valence-corrected chi connectivity index (χ1v) is 7.92. The Labute approximate surface area is 129 Å². The average Bonchev–Trinajstić information content (AvgIpc) is 2.46. The van der Waals surface area contributed by atoms with Crippen molar-refractivity contribution in [1.29, 1.82) is 0 Å². The Morgan fingerprint density at radius 3 is 2.14 bits per heavy atom. The predicted molar refractivity (Wildman–Crippen MR) is 82.0 cm³/mol. The summed E-state index contributed by atoms with van der Waals surface area (Å²) >= 11 is 3.22. The van der Waals surface area contributed by atoms with Crippen molar-refractivity contribution in [2.75, 3.05) is 0 Å². The van der Waals surface area contributed by atoms with Gasteiger partial charge in [-0.2, -0.15) is 12.8 Å². The van der Waals surface area contributed by atoms with Gasteiger partial charge < -0.3 is 0 Å². The SMILES string of the molecule is O=[N+]([O-])c1ccc(/C=N/S(=O)(=O)c2ccc(Br)cc2)cc1. The van der Waals surface area contributed by atoms with Crippen LogP contribution < -0.4 is 0 Å². The highest BCUT2D eigenvalue weighted by molar-refractivity contribution is 9.10. The Kier molecular flexibility index (Phi) is 4.49. The van der Waals surface area contributed by atoms with Crippen molar-refractivity contribution in [2.24, 2.45) is 4.40 Å². The third-order valence-corrected chi connectivity index (χ3v) is 4.34. The second kappa shape index (κ2) is 6.15. The molecule has 21 heavy (non-hydrogen) atoms. The number of nitro groups is 1. The predicted octanol–water partition coefficient (Wildman–Crippen LogP) is 3.17. The van der Waals surface area contributed by atoms with Gasteiger partial charge in [-0.25, -0.2) is 0 Å². The summed E-state index contributed by atoms with van der Waals surface area (Å²) in [6.45, 7) is 0. The van der Waals surface area contributed by atoms with Crippen LogP contribution in [0.3, 0.4) is 0 Å². The Balaban J connectivity index is 2.23. The number of halogens is 1. The molecule has 0 bridgehead atoms. The fourth-order valence-corrected chi connectivity index (χ4v) is 2.61. The molecule has 108 valence electrons. The highest BCUT2D eigenvalue weighted by Gasteiger charge is 2.11. The molecule has 0 amide bonds. The van der Waals surface area contributed by atoms with E-state index in [2.05, 4.69) is 20.3 Å². The summed E-state index contributed by atoms with van der Waals surface area (Å²) in [6, 6.07) is 11.5. The number of hydrogen-bond acceptors (Lipinski definition) is 4. The van der Waals surface area contributed by atoms with Gasteiger partial charge >= 0.3 is 0 Å². The largest absolute Gasteiger partial charge is 0.282 e. The van der Waals surface area contributed by atoms with E-state index < -0.39 is 14.9 Å². The third kappa shape index (κ3) is 3.96. The zero-order valence-electron chi connectivity index (χ0n) is 10.5. The maximum absolute atomic E-state index is 12.0. The molecule has 0 N–H and O–H groups in total. The summed E-state index contributed by atoms with van der Waals surface area (Å²) in [5, 5.41) is 10.5. The molecule has 0 fully saturated rings. The number of benzene rings is 2. The third-order valence-electron chi connectivity index (χ3n) is 2.56. The molecule has 0 saturated carbocycles. The Morgan fingerprint density at radius 2 is 1.62 bits per heavy atom. The van der Waals surface area contributed by atoms with E-state index in [1.165, 1.54) is 36.4 Å². The van der Waals surface area contributed by atoms with Gasteiger partial charge in [-0.15, -0.1) is 0 Å². The molecule has 2 rings (SSSR count). The van der Waals surface area contributed by atoms with Gasteiger partial charge in [0.2, 0.25) is 0 Å². The first kappa shape index (κ1) is 15.3. The topological polar surface area (TPSA) is 89.6 Å². The minimum Gasteiger partial charge on any atom is -0.258 e. The van der Waals surface area contributed by atoms with Crippen molar-refractivity contribution in [3.63, 3.8) is 0 Å². The number of hydrogen-bond donors (Lipinski definition) is 0. The molecule has 0 aromatic heterocycles. The van der Waals surface area contributed by atoms with Gasteiger partial charge in [0.05, 0.1) is 9.82 Å². The standard InChI is InChI=1S/C13H9BrN2O4S/c14-11-3-7-13(8-4-11)21(19,20)15-9-10-1-5-12(6-2-10)16(17)18/h1-9H/b15-9+. The molecule has 0 radical (unpaired) electrons. The van der Waals surface area contributed by atoms with Gasteiger partial charge in [-0.3, -0.25) is 10.1 Å². The number of sulfonamides is 1. The fourth-order valence-electron chi connectivity index (χ4n) is 1.48. The molecule has 0 saturated heterocycles. The minimum atomic E-state index is -3.79. The van der Waals surface area contributed by atoms with Crippen LogP contribution in [0.5, 0.6) is 0 Å². The lowest BCUT2D eigenvalue weighted by molar-refractivity contribution is -0.384. The zero-order chi connectivity index (χ0) is 15.5. The van der Waals surface area contributed by atoms with Gasteiger partial charge in [-0.05, 0) is 42.0 Å². The molecule has 0 heterocycles. The molecule has 0 aliphatic heterocycles. The van der Waals surface area contributed by atoms with Crippen molar-refractivity contribution < 1.29 is 13.3 Å². The van der Waals surface area contributed by atoms with Gasteiger partial charge in [0.25, 0.3) is 15.7 Å². The highest BCUT2D eigenvalue weighted by Crippen LogP contribution is 2.17. The summed E-state index contributed by atoms with van der Waals surface area (Å²) in [5.41, 5.74) is 0.393. The van der Waals surface area contributed by atoms with Gasteiger partial charge in [0.15, 0.2) is 0 Å². The maximum atomic E-state index is 12.0. The maximum Gasteiger partial charge on any atom is 0.282 e. The molecule has 0 unspecified atom stereocenters. The van der Waals surface area contributed by atoms with Crippen molar-refractivity contribution in [1.82, 2.24) is 0 Å². The summed E-state index contributed by atoms with van der Waals surface area (Å²) < 4.78 is 28.3. The number of nitrogens with zero attached hydrogens (tertiary/aromatic N) is 2. The van der Waals surface area contributed by atoms with Crippen molar-refractivity contribution in [3.8, 4) is 0 Å². The van der Waals surface area contributed by atoms with Crippen LogP contribution in [0.25, 0.3) is 0 Å². The van der Waals surface area contributed by atoms with E-state index in [9.17, 15) is 18.5 Å². The summed E-state index contributed by atoms with van der Waals surface area (Å²) in [7, 11) is -3.79. The van der Waals surface area contributed by atoms with Crippen LogP contribution in [0.1, 0.15) is 5.56 Å². The van der Waals surface area contributed by atoms with Gasteiger partial charge in [0.1, 0.15) is 0 Å². The van der Waals surface area contributed by atoms with Crippen molar-refractivity contribution >= 4 is 37.9 Å². The average molecular weight is 369 g/mol. The van der Waals surface area contributed by atoms with E-state index in [1.54, 1.807) is 12.1 Å². The van der Waals surface area contributed by atoms with E-state index in [0.29, 0.717) is 5.56 Å². The van der Waals surface area contributed by atoms with Crippen LogP contribution in [0.2, 0.25) is 0 Å². The second-order valence-electron chi connectivity index (χ2n) is 4.01. The molecule has 0 spiro atoms. The Morgan fingerprint density at radius 1 is 1.05 bits per heavy atom. The Bertz CT molecular complexity index is 784. The van der Waals surface area contributed by atoms with Crippen LogP contribution in [-0.2, 0) is 10.0 Å². The van der Waals surface area contributed by atoms with E-state index in [1.807, 2.05) is 0 Å². The normalized spacial score (nSPS) is 11.7. The zero-order valence-corrected chi connectivity index (χ0v) is 12.9. The number of nitro benzene ring substituents is 1. The molecular weight excluding hydrogens is 360 g/mol. The van der Waals surface area contributed by atoms with E-state index >= 15 is 0 Å². The molecule has 0 aliphatic rings. The monoisotopic (exact) mass is 368 g/mol. The highest BCUT2D eigenvalue weighted by atomic mass is 79.9. The molecule has 2 aromatic carbocycles. The lowest BCUT2D eigenvalue weighted by Gasteiger charge is -1.98. The number of rotatable bonds is 4. The molecule has 2 aromatic rings. The minimum absolute atomic E-state index is 0.0667. The van der Waals surface area contributed by atoms with Crippen LogP contribution >= 0.6 is 15.9 Å². The van der Waals surface area contributed by atoms with E-state index in [0.717, 1.165) is 10.7 Å². The smallest absolute Gasteiger partial charge is 0.258 e. The Hall–Kier alpha value is -2.06. The molecule has 0 atom stereocenters. The summed E-state index contributed by atoms with van der Waals surface area (Å²) in [6.07, 6.45) is 1.15. The first-order valence-electron chi connectivity index (χ1n) is 5.69. The molecular formula is C13H9BrN2O4S. The van der Waals surface area contributed by atoms with E-state index in [4.69, 9.17) is 0 Å². The molecule has 6 nitrogen and oxygen atoms in total. The summed E-state index contributed by atoms with van der Waals surface area (Å²) in [5.74, 6) is 0. The van der Waals surface area contributed by atoms with Crippen LogP contribution in [0.15, 0.2) is 62.3 Å². The lowest BCUT2D eigenvalue weighted by Crippen LogP contribution is -1.97. The van der Waals surface area contributed by atoms with Gasteiger partial charge in [0, 0.05) is 22.8 Å². The molecule has 0 aliphatic carbocycles. The van der Waals surface area contributed by atoms with Crippen LogP contribution in [-0.4, -0.2) is 19.6 Å². The lowest BCUT2D eigenvalue weighted by atomic mass is 10.2. The van der Waals surface area contributed by atoms with Gasteiger partial charge in [-0.1, -0.05) is 15.9 Å². The van der Waals surface area contributed by atoms with Crippen molar-refractivity contribution in [2.45, 2.75) is 4.90 Å². The first-order chi connectivity index (χ1) is 9.88. The molecule has 8 heteroatoms. The second-order valence-corrected chi connectivity index (χ2v) is 6.56. The van der Waals surface area contributed by atoms with E-state index in [-0.39, 0.29) is 10.6 Å². The van der Waals surface area contributed by atoms with Crippen LogP contribution in [0.4, 0.5) is 5.69 Å². The number of non-ortho nitro benzene ring substituents is 1.